The number of rotatable bonds is 9. The summed E-state index contributed by atoms with van der Waals surface area (Å²) in [5.41, 5.74) is 1.72. The molecule has 1 aromatic rings. The third-order valence-corrected chi connectivity index (χ3v) is 3.47. The molecule has 0 unspecified atom stereocenters. The van der Waals surface area contributed by atoms with Crippen LogP contribution in [0.25, 0.3) is 0 Å². The molecule has 0 bridgehead atoms. The maximum Gasteiger partial charge on any atom is 0.317 e. The van der Waals surface area contributed by atoms with Crippen LogP contribution in [0.2, 0.25) is 5.02 Å². The van der Waals surface area contributed by atoms with Gasteiger partial charge in [-0.05, 0) is 13.3 Å². The maximum absolute atomic E-state index is 10.9. The summed E-state index contributed by atoms with van der Waals surface area (Å²) in [6, 6.07) is 0. The third-order valence-electron chi connectivity index (χ3n) is 3.04. The topological polar surface area (TPSA) is 67.6 Å². The number of halogens is 1. The highest BCUT2D eigenvalue weighted by Crippen LogP contribution is 2.23. The summed E-state index contributed by atoms with van der Waals surface area (Å²) in [5.74, 6) is -0.865. The van der Waals surface area contributed by atoms with Gasteiger partial charge in [0.2, 0.25) is 0 Å². The minimum atomic E-state index is -0.865. The molecule has 0 aliphatic rings. The number of aryl methyl sites for hydroxylation is 2. The molecule has 1 rings (SSSR count). The largest absolute Gasteiger partial charge is 0.480 e. The normalized spacial score (nSPS) is 11.2. The summed E-state index contributed by atoms with van der Waals surface area (Å²) in [7, 11) is 1.59. The van der Waals surface area contributed by atoms with E-state index in [1.54, 1.807) is 12.0 Å². The van der Waals surface area contributed by atoms with Gasteiger partial charge >= 0.3 is 5.97 Å². The van der Waals surface area contributed by atoms with Gasteiger partial charge < -0.3 is 9.84 Å². The second-order valence-electron chi connectivity index (χ2n) is 4.47. The summed E-state index contributed by atoms with van der Waals surface area (Å²) < 4.78 is 6.85. The van der Waals surface area contributed by atoms with Crippen LogP contribution in [-0.4, -0.2) is 52.6 Å². The highest BCUT2D eigenvalue weighted by atomic mass is 35.5. The lowest BCUT2D eigenvalue weighted by molar-refractivity contribution is -0.138. The highest BCUT2D eigenvalue weighted by molar-refractivity contribution is 6.31. The van der Waals surface area contributed by atoms with Gasteiger partial charge in [-0.15, -0.1) is 0 Å². The monoisotopic (exact) mass is 303 g/mol. The minimum absolute atomic E-state index is 0.0456. The minimum Gasteiger partial charge on any atom is -0.480 e. The predicted molar refractivity (Wildman–Crippen MR) is 77.1 cm³/mol. The van der Waals surface area contributed by atoms with Crippen LogP contribution in [0.4, 0.5) is 0 Å². The fraction of sp³-hybridized carbons (Fsp3) is 0.692. The van der Waals surface area contributed by atoms with Gasteiger partial charge in [-0.3, -0.25) is 14.4 Å². The zero-order chi connectivity index (χ0) is 15.1. The van der Waals surface area contributed by atoms with Crippen LogP contribution in [0.3, 0.4) is 0 Å². The van der Waals surface area contributed by atoms with E-state index in [2.05, 4.69) is 5.10 Å². The van der Waals surface area contributed by atoms with Crippen molar-refractivity contribution in [2.24, 2.45) is 0 Å². The molecule has 1 heterocycles. The van der Waals surface area contributed by atoms with E-state index in [0.29, 0.717) is 31.3 Å². The van der Waals surface area contributed by atoms with Crippen molar-refractivity contribution in [3.63, 3.8) is 0 Å². The molecule has 7 heteroatoms. The molecule has 0 fully saturated rings. The van der Waals surface area contributed by atoms with Gasteiger partial charge in [-0.2, -0.15) is 5.10 Å². The van der Waals surface area contributed by atoms with Gasteiger partial charge in [-0.25, -0.2) is 0 Å². The first-order valence-electron chi connectivity index (χ1n) is 6.70. The Morgan fingerprint density at radius 1 is 1.50 bits per heavy atom. The fourth-order valence-electron chi connectivity index (χ4n) is 2.01. The number of carbonyl (C=O) groups is 1. The first kappa shape index (κ1) is 16.9. The Morgan fingerprint density at radius 3 is 2.70 bits per heavy atom. The Kier molecular flexibility index (Phi) is 6.98. The third kappa shape index (κ3) is 4.47. The van der Waals surface area contributed by atoms with Crippen molar-refractivity contribution in [2.45, 2.75) is 33.4 Å². The van der Waals surface area contributed by atoms with Crippen molar-refractivity contribution in [3.05, 3.63) is 16.4 Å². The number of nitrogens with zero attached hydrogens (tertiary/aromatic N) is 3. The van der Waals surface area contributed by atoms with E-state index in [9.17, 15) is 4.79 Å². The van der Waals surface area contributed by atoms with Crippen molar-refractivity contribution in [1.29, 1.82) is 0 Å². The van der Waals surface area contributed by atoms with Crippen molar-refractivity contribution in [3.8, 4) is 0 Å². The molecule has 0 saturated heterocycles. The molecule has 1 aromatic heterocycles. The smallest absolute Gasteiger partial charge is 0.317 e. The zero-order valence-electron chi connectivity index (χ0n) is 12.2. The van der Waals surface area contributed by atoms with Crippen LogP contribution >= 0.6 is 11.6 Å². The Balaban J connectivity index is 2.90. The molecule has 0 spiro atoms. The summed E-state index contributed by atoms with van der Waals surface area (Å²) in [6.45, 7) is 6.12. The van der Waals surface area contributed by atoms with Crippen LogP contribution in [0.1, 0.15) is 25.2 Å². The summed E-state index contributed by atoms with van der Waals surface area (Å²) in [5, 5.41) is 14.0. The summed E-state index contributed by atoms with van der Waals surface area (Å²) >= 11 is 6.33. The quantitative estimate of drug-likeness (QED) is 0.751. The maximum atomic E-state index is 10.9. The van der Waals surface area contributed by atoms with E-state index >= 15 is 0 Å². The van der Waals surface area contributed by atoms with Gasteiger partial charge in [0.1, 0.15) is 0 Å². The lowest BCUT2D eigenvalue weighted by Crippen LogP contribution is -2.33. The molecular weight excluding hydrogens is 282 g/mol. The molecular formula is C13H22ClN3O3. The number of hydrogen-bond acceptors (Lipinski definition) is 4. The van der Waals surface area contributed by atoms with Crippen LogP contribution in [0, 0.1) is 0 Å². The van der Waals surface area contributed by atoms with Crippen molar-refractivity contribution < 1.29 is 14.6 Å². The van der Waals surface area contributed by atoms with Gasteiger partial charge in [-0.1, -0.05) is 18.5 Å². The molecule has 114 valence electrons. The number of methoxy groups -OCH3 is 1. The second kappa shape index (κ2) is 8.24. The van der Waals surface area contributed by atoms with Crippen molar-refractivity contribution in [1.82, 2.24) is 14.7 Å². The second-order valence-corrected chi connectivity index (χ2v) is 4.85. The fourth-order valence-corrected chi connectivity index (χ4v) is 2.33. The number of aromatic nitrogens is 2. The average Bonchev–Trinajstić information content (AvgIpc) is 2.72. The van der Waals surface area contributed by atoms with Gasteiger partial charge in [0, 0.05) is 26.7 Å². The van der Waals surface area contributed by atoms with Crippen LogP contribution in [0.5, 0.6) is 0 Å². The zero-order valence-corrected chi connectivity index (χ0v) is 13.0. The number of hydrogen-bond donors (Lipinski definition) is 1. The Bertz CT molecular complexity index is 448. The van der Waals surface area contributed by atoms with Crippen LogP contribution in [0.15, 0.2) is 0 Å². The molecule has 6 nitrogen and oxygen atoms in total. The van der Waals surface area contributed by atoms with Crippen molar-refractivity contribution >= 4 is 17.6 Å². The lowest BCUT2D eigenvalue weighted by Gasteiger charge is -2.20. The van der Waals surface area contributed by atoms with E-state index in [0.717, 1.165) is 17.8 Å². The molecule has 0 aliphatic heterocycles. The Morgan fingerprint density at radius 2 is 2.20 bits per heavy atom. The van der Waals surface area contributed by atoms with Gasteiger partial charge in [0.15, 0.2) is 0 Å². The number of carboxylic acid groups (broad SMARTS) is 1. The number of ether oxygens (including phenoxy) is 1. The van der Waals surface area contributed by atoms with Crippen molar-refractivity contribution in [2.75, 3.05) is 26.8 Å². The molecule has 0 amide bonds. The molecule has 0 radical (unpaired) electrons. The van der Waals surface area contributed by atoms with Crippen LogP contribution in [-0.2, 0) is 29.0 Å². The molecule has 20 heavy (non-hydrogen) atoms. The standard InChI is InChI=1S/C13H22ClN3O3/c1-4-10-13(14)11(17(5-2)15-10)8-16(6-7-20-3)9-12(18)19/h4-9H2,1-3H3,(H,18,19). The van der Waals surface area contributed by atoms with E-state index in [1.807, 2.05) is 18.5 Å². The first-order chi connectivity index (χ1) is 9.53. The molecule has 0 saturated carbocycles. The molecule has 0 atom stereocenters. The SMILES string of the molecule is CCc1nn(CC)c(CN(CCOC)CC(=O)O)c1Cl. The molecule has 1 N–H and O–H groups in total. The molecule has 0 aliphatic carbocycles. The number of aliphatic carboxylic acids is 1. The first-order valence-corrected chi connectivity index (χ1v) is 7.08. The van der Waals surface area contributed by atoms with Gasteiger partial charge in [0.05, 0.1) is 29.6 Å². The summed E-state index contributed by atoms with van der Waals surface area (Å²) in [4.78, 5) is 12.7. The Hall–Kier alpha value is -1.11. The Labute approximate surface area is 124 Å². The van der Waals surface area contributed by atoms with Gasteiger partial charge in [0.25, 0.3) is 0 Å². The van der Waals surface area contributed by atoms with E-state index in [1.165, 1.54) is 0 Å². The predicted octanol–water partition coefficient (Wildman–Crippen LogP) is 1.65. The summed E-state index contributed by atoms with van der Waals surface area (Å²) in [6.07, 6.45) is 0.760. The van der Waals surface area contributed by atoms with E-state index in [4.69, 9.17) is 21.4 Å². The average molecular weight is 304 g/mol. The number of carboxylic acids is 1. The highest BCUT2D eigenvalue weighted by Gasteiger charge is 2.18. The lowest BCUT2D eigenvalue weighted by atomic mass is 10.3. The van der Waals surface area contributed by atoms with E-state index < -0.39 is 5.97 Å². The van der Waals surface area contributed by atoms with Crippen LogP contribution < -0.4 is 0 Å². The van der Waals surface area contributed by atoms with E-state index in [-0.39, 0.29) is 6.54 Å². The molecule has 0 aromatic carbocycles.